The third kappa shape index (κ3) is 4.71. The first-order valence-corrected chi connectivity index (χ1v) is 8.85. The molecule has 0 radical (unpaired) electrons. The zero-order chi connectivity index (χ0) is 18.9. The van der Waals surface area contributed by atoms with Gasteiger partial charge in [0.1, 0.15) is 0 Å². The standard InChI is InChI=1S/C20H21Cl2F3/c1-11(8-17-18(21)6-5-12(2)19(17)22)7-16-13(3)9-15(10-14(16)4)20(23,24)25/h7,9-10H,5-6,8H2,1-4H3/b11-7+. The molecule has 0 aliphatic heterocycles. The molecule has 136 valence electrons. The summed E-state index contributed by atoms with van der Waals surface area (Å²) in [7, 11) is 0. The van der Waals surface area contributed by atoms with Crippen LogP contribution in [0.15, 0.2) is 38.9 Å². The molecular weight excluding hydrogens is 368 g/mol. The Morgan fingerprint density at radius 3 is 2.16 bits per heavy atom. The number of hydrogen-bond donors (Lipinski definition) is 0. The maximum atomic E-state index is 12.9. The Hall–Kier alpha value is -1.19. The van der Waals surface area contributed by atoms with Crippen molar-refractivity contribution in [2.75, 3.05) is 0 Å². The summed E-state index contributed by atoms with van der Waals surface area (Å²) in [6.45, 7) is 7.34. The van der Waals surface area contributed by atoms with Crippen LogP contribution in [-0.4, -0.2) is 0 Å². The van der Waals surface area contributed by atoms with Gasteiger partial charge in [-0.3, -0.25) is 0 Å². The Morgan fingerprint density at radius 2 is 1.64 bits per heavy atom. The second-order valence-corrected chi connectivity index (χ2v) is 7.50. The minimum atomic E-state index is -4.33. The first-order valence-electron chi connectivity index (χ1n) is 8.09. The molecule has 0 heterocycles. The molecule has 0 fully saturated rings. The van der Waals surface area contributed by atoms with Crippen molar-refractivity contribution in [1.29, 1.82) is 0 Å². The van der Waals surface area contributed by atoms with Gasteiger partial charge in [0.05, 0.1) is 5.56 Å². The van der Waals surface area contributed by atoms with Gasteiger partial charge in [-0.05, 0) is 81.4 Å². The first kappa shape index (κ1) is 20.1. The van der Waals surface area contributed by atoms with Crippen LogP contribution in [0.5, 0.6) is 0 Å². The van der Waals surface area contributed by atoms with Crippen LogP contribution in [0.25, 0.3) is 6.08 Å². The molecule has 5 heteroatoms. The van der Waals surface area contributed by atoms with E-state index in [-0.39, 0.29) is 0 Å². The summed E-state index contributed by atoms with van der Waals surface area (Å²) in [5.74, 6) is 0. The van der Waals surface area contributed by atoms with Crippen molar-refractivity contribution in [2.45, 2.75) is 53.1 Å². The minimum Gasteiger partial charge on any atom is -0.166 e. The lowest BCUT2D eigenvalue weighted by Gasteiger charge is -2.19. The molecule has 0 N–H and O–H groups in total. The topological polar surface area (TPSA) is 0 Å². The van der Waals surface area contributed by atoms with Gasteiger partial charge in [0.25, 0.3) is 0 Å². The Balaban J connectivity index is 2.35. The molecule has 0 amide bonds. The van der Waals surface area contributed by atoms with E-state index < -0.39 is 11.7 Å². The minimum absolute atomic E-state index is 0.592. The van der Waals surface area contributed by atoms with E-state index in [2.05, 4.69) is 0 Å². The number of hydrogen-bond acceptors (Lipinski definition) is 0. The van der Waals surface area contributed by atoms with E-state index in [1.54, 1.807) is 13.8 Å². The second kappa shape index (κ2) is 7.59. The monoisotopic (exact) mass is 388 g/mol. The lowest BCUT2D eigenvalue weighted by Crippen LogP contribution is -2.06. The predicted octanol–water partition coefficient (Wildman–Crippen LogP) is 7.92. The number of rotatable bonds is 3. The summed E-state index contributed by atoms with van der Waals surface area (Å²) in [4.78, 5) is 0. The average Bonchev–Trinajstić information content (AvgIpc) is 2.50. The van der Waals surface area contributed by atoms with Crippen LogP contribution in [0.4, 0.5) is 13.2 Å². The molecule has 0 saturated heterocycles. The fourth-order valence-corrected chi connectivity index (χ4v) is 3.63. The van der Waals surface area contributed by atoms with Crippen molar-refractivity contribution in [3.63, 3.8) is 0 Å². The molecular formula is C20H21Cl2F3. The van der Waals surface area contributed by atoms with E-state index in [9.17, 15) is 13.2 Å². The summed E-state index contributed by atoms with van der Waals surface area (Å²) in [5, 5.41) is 1.48. The fourth-order valence-electron chi connectivity index (χ4n) is 3.05. The molecule has 0 bridgehead atoms. The molecule has 0 spiro atoms. The molecule has 2 rings (SSSR count). The van der Waals surface area contributed by atoms with Gasteiger partial charge in [-0.15, -0.1) is 0 Å². The van der Waals surface area contributed by atoms with Gasteiger partial charge in [-0.25, -0.2) is 0 Å². The Kier molecular flexibility index (Phi) is 6.11. The van der Waals surface area contributed by atoms with Gasteiger partial charge >= 0.3 is 6.18 Å². The van der Waals surface area contributed by atoms with E-state index in [4.69, 9.17) is 23.2 Å². The predicted molar refractivity (Wildman–Crippen MR) is 99.9 cm³/mol. The number of halogens is 5. The van der Waals surface area contributed by atoms with Crippen LogP contribution in [0.1, 0.15) is 55.4 Å². The Labute approximate surface area is 157 Å². The molecule has 0 nitrogen and oxygen atoms in total. The third-order valence-corrected chi connectivity index (χ3v) is 5.42. The molecule has 0 saturated carbocycles. The Bertz CT molecular complexity index is 758. The van der Waals surface area contributed by atoms with Crippen molar-refractivity contribution >= 4 is 29.3 Å². The number of benzene rings is 1. The van der Waals surface area contributed by atoms with Crippen LogP contribution in [0.3, 0.4) is 0 Å². The first-order chi connectivity index (χ1) is 11.5. The highest BCUT2D eigenvalue weighted by atomic mass is 35.5. The van der Waals surface area contributed by atoms with Crippen molar-refractivity contribution in [3.05, 3.63) is 61.2 Å². The maximum Gasteiger partial charge on any atom is 0.416 e. The molecule has 1 aliphatic carbocycles. The highest BCUT2D eigenvalue weighted by molar-refractivity contribution is 6.36. The molecule has 1 aromatic carbocycles. The smallest absolute Gasteiger partial charge is 0.166 e. The van der Waals surface area contributed by atoms with Crippen LogP contribution in [-0.2, 0) is 6.18 Å². The number of alkyl halides is 3. The van der Waals surface area contributed by atoms with E-state index >= 15 is 0 Å². The SMILES string of the molecule is CC1=C(Cl)C(C/C(C)=C/c2c(C)cc(C(F)(F)F)cc2C)=C(Cl)CC1. The van der Waals surface area contributed by atoms with Gasteiger partial charge in [-0.2, -0.15) is 13.2 Å². The highest BCUT2D eigenvalue weighted by Gasteiger charge is 2.31. The normalized spacial score (nSPS) is 16.8. The number of aryl methyl sites for hydroxylation is 2. The van der Waals surface area contributed by atoms with Gasteiger partial charge in [-0.1, -0.05) is 40.4 Å². The molecule has 1 aromatic rings. The molecule has 0 atom stereocenters. The van der Waals surface area contributed by atoms with Crippen LogP contribution >= 0.6 is 23.2 Å². The zero-order valence-corrected chi connectivity index (χ0v) is 16.3. The second-order valence-electron chi connectivity index (χ2n) is 6.67. The van der Waals surface area contributed by atoms with Gasteiger partial charge in [0.2, 0.25) is 0 Å². The average molecular weight is 389 g/mol. The molecule has 1 aliphatic rings. The van der Waals surface area contributed by atoms with Crippen LogP contribution < -0.4 is 0 Å². The van der Waals surface area contributed by atoms with Crippen molar-refractivity contribution in [1.82, 2.24) is 0 Å². The maximum absolute atomic E-state index is 12.9. The summed E-state index contributed by atoms with van der Waals surface area (Å²) >= 11 is 12.7. The lowest BCUT2D eigenvalue weighted by atomic mass is 9.93. The fraction of sp³-hybridized carbons (Fsp3) is 0.400. The summed E-state index contributed by atoms with van der Waals surface area (Å²) in [6.07, 6.45) is -0.167. The quantitative estimate of drug-likeness (QED) is 0.493. The zero-order valence-electron chi connectivity index (χ0n) is 14.7. The van der Waals surface area contributed by atoms with Crippen LogP contribution in [0, 0.1) is 13.8 Å². The van der Waals surface area contributed by atoms with Crippen molar-refractivity contribution < 1.29 is 13.2 Å². The lowest BCUT2D eigenvalue weighted by molar-refractivity contribution is -0.137. The number of allylic oxidation sites excluding steroid dienone is 5. The van der Waals surface area contributed by atoms with Gasteiger partial charge < -0.3 is 0 Å². The molecule has 0 aromatic heterocycles. The third-order valence-electron chi connectivity index (χ3n) is 4.45. The summed E-state index contributed by atoms with van der Waals surface area (Å²) < 4.78 is 38.8. The summed E-state index contributed by atoms with van der Waals surface area (Å²) in [6, 6.07) is 2.38. The Morgan fingerprint density at radius 1 is 1.08 bits per heavy atom. The highest BCUT2D eigenvalue weighted by Crippen LogP contribution is 2.38. The van der Waals surface area contributed by atoms with E-state index in [0.717, 1.165) is 40.2 Å². The molecule has 25 heavy (non-hydrogen) atoms. The molecule has 0 unspecified atom stereocenters. The summed E-state index contributed by atoms with van der Waals surface area (Å²) in [5.41, 5.74) is 4.46. The largest absolute Gasteiger partial charge is 0.416 e. The van der Waals surface area contributed by atoms with Gasteiger partial charge in [0.15, 0.2) is 0 Å². The van der Waals surface area contributed by atoms with E-state index in [1.807, 2.05) is 19.9 Å². The van der Waals surface area contributed by atoms with Crippen molar-refractivity contribution in [2.24, 2.45) is 0 Å². The van der Waals surface area contributed by atoms with Crippen molar-refractivity contribution in [3.8, 4) is 0 Å². The van der Waals surface area contributed by atoms with E-state index in [0.29, 0.717) is 22.6 Å². The van der Waals surface area contributed by atoms with E-state index in [1.165, 1.54) is 12.1 Å². The van der Waals surface area contributed by atoms with Crippen LogP contribution in [0.2, 0.25) is 0 Å². The van der Waals surface area contributed by atoms with Gasteiger partial charge in [0, 0.05) is 10.1 Å².